The quantitative estimate of drug-likeness (QED) is 0.787. The molecule has 1 aromatic rings. The zero-order chi connectivity index (χ0) is 16.4. The molecule has 0 saturated carbocycles. The van der Waals surface area contributed by atoms with Gasteiger partial charge in [-0.05, 0) is 25.0 Å². The molecule has 6 nitrogen and oxygen atoms in total. The lowest BCUT2D eigenvalue weighted by Gasteiger charge is -2.20. The van der Waals surface area contributed by atoms with Crippen LogP contribution < -0.4 is 10.6 Å². The van der Waals surface area contributed by atoms with Crippen LogP contribution in [0.1, 0.15) is 17.5 Å². The number of amides is 2. The number of aliphatic carboxylic acids is 1. The van der Waals surface area contributed by atoms with Crippen molar-refractivity contribution < 1.29 is 19.5 Å². The molecule has 0 bridgehead atoms. The van der Waals surface area contributed by atoms with E-state index in [4.69, 9.17) is 10.8 Å². The number of hydrogen-bond acceptors (Lipinski definition) is 5. The summed E-state index contributed by atoms with van der Waals surface area (Å²) in [7, 11) is 0. The van der Waals surface area contributed by atoms with Gasteiger partial charge in [0.15, 0.2) is 0 Å². The molecular formula is C15H18N2O4S. The Labute approximate surface area is 132 Å². The number of carboxylic acids is 1. The second kappa shape index (κ2) is 6.50. The molecule has 1 aliphatic rings. The Morgan fingerprint density at radius 3 is 2.55 bits per heavy atom. The predicted octanol–water partition coefficient (Wildman–Crippen LogP) is 1.08. The van der Waals surface area contributed by atoms with Crippen molar-refractivity contribution in [3.05, 3.63) is 29.3 Å². The molecule has 7 heteroatoms. The van der Waals surface area contributed by atoms with Crippen LogP contribution in [0, 0.1) is 13.8 Å². The first-order valence-electron chi connectivity index (χ1n) is 6.86. The fourth-order valence-electron chi connectivity index (χ4n) is 2.42. The zero-order valence-corrected chi connectivity index (χ0v) is 13.2. The summed E-state index contributed by atoms with van der Waals surface area (Å²) in [6.07, 6.45) is 0.0730. The first-order chi connectivity index (χ1) is 10.3. The standard InChI is InChI=1S/C15H18N2O4S/c1-8-4-3-5-9(2)13(8)17-12(18)6-11(14(17)19)22-7-10(16)15(20)21/h3-5,10-11H,6-7,16H2,1-2H3,(H,20,21)/t10-,11-/m0/s1. The van der Waals surface area contributed by atoms with Gasteiger partial charge in [-0.25, -0.2) is 4.90 Å². The molecule has 0 spiro atoms. The van der Waals surface area contributed by atoms with E-state index >= 15 is 0 Å². The summed E-state index contributed by atoms with van der Waals surface area (Å²) in [5.74, 6) is -1.58. The molecular weight excluding hydrogens is 304 g/mol. The van der Waals surface area contributed by atoms with E-state index in [0.717, 1.165) is 22.9 Å². The Balaban J connectivity index is 2.17. The molecule has 3 N–H and O–H groups in total. The lowest BCUT2D eigenvalue weighted by Crippen LogP contribution is -2.35. The highest BCUT2D eigenvalue weighted by Crippen LogP contribution is 2.33. The Kier molecular flexibility index (Phi) is 4.87. The van der Waals surface area contributed by atoms with Gasteiger partial charge in [-0.1, -0.05) is 18.2 Å². The number of aryl methyl sites for hydroxylation is 2. The summed E-state index contributed by atoms with van der Waals surface area (Å²) < 4.78 is 0. The molecule has 0 radical (unpaired) electrons. The second-order valence-corrected chi connectivity index (χ2v) is 6.51. The maximum atomic E-state index is 12.5. The molecule has 2 rings (SSSR count). The number of rotatable bonds is 5. The van der Waals surface area contributed by atoms with Crippen LogP contribution in [0.4, 0.5) is 5.69 Å². The number of carbonyl (C=O) groups excluding carboxylic acids is 2. The highest BCUT2D eigenvalue weighted by atomic mass is 32.2. The lowest BCUT2D eigenvalue weighted by molar-refractivity contribution is -0.138. The van der Waals surface area contributed by atoms with E-state index in [0.29, 0.717) is 5.69 Å². The largest absolute Gasteiger partial charge is 0.480 e. The van der Waals surface area contributed by atoms with Crippen LogP contribution in [0.25, 0.3) is 0 Å². The maximum Gasteiger partial charge on any atom is 0.321 e. The lowest BCUT2D eigenvalue weighted by atomic mass is 10.1. The van der Waals surface area contributed by atoms with Gasteiger partial charge >= 0.3 is 5.97 Å². The minimum absolute atomic E-state index is 0.0730. The highest BCUT2D eigenvalue weighted by molar-refractivity contribution is 8.00. The number of hydrogen-bond donors (Lipinski definition) is 2. The minimum atomic E-state index is -1.11. The average molecular weight is 322 g/mol. The van der Waals surface area contributed by atoms with Crippen molar-refractivity contribution in [1.82, 2.24) is 0 Å². The second-order valence-electron chi connectivity index (χ2n) is 5.28. The average Bonchev–Trinajstić information content (AvgIpc) is 2.72. The Bertz CT molecular complexity index is 612. The summed E-state index contributed by atoms with van der Waals surface area (Å²) in [5.41, 5.74) is 7.78. The number of anilines is 1. The number of carboxylic acid groups (broad SMARTS) is 1. The van der Waals surface area contributed by atoms with E-state index in [1.807, 2.05) is 32.0 Å². The van der Waals surface area contributed by atoms with Crippen molar-refractivity contribution in [3.63, 3.8) is 0 Å². The SMILES string of the molecule is Cc1cccc(C)c1N1C(=O)C[C@H](SC[C@H](N)C(=O)O)C1=O. The van der Waals surface area contributed by atoms with Gasteiger partial charge in [-0.2, -0.15) is 0 Å². The van der Waals surface area contributed by atoms with E-state index in [-0.39, 0.29) is 24.0 Å². The van der Waals surface area contributed by atoms with E-state index < -0.39 is 17.3 Å². The van der Waals surface area contributed by atoms with Crippen molar-refractivity contribution >= 4 is 35.2 Å². The Morgan fingerprint density at radius 2 is 2.00 bits per heavy atom. The van der Waals surface area contributed by atoms with E-state index in [9.17, 15) is 14.4 Å². The minimum Gasteiger partial charge on any atom is -0.480 e. The van der Waals surface area contributed by atoms with Crippen LogP contribution in [0.2, 0.25) is 0 Å². The maximum absolute atomic E-state index is 12.5. The number of para-hydroxylation sites is 1. The Morgan fingerprint density at radius 1 is 1.41 bits per heavy atom. The summed E-state index contributed by atoms with van der Waals surface area (Å²) in [6.45, 7) is 3.70. The molecule has 1 aromatic carbocycles. The number of nitrogens with zero attached hydrogens (tertiary/aromatic N) is 1. The molecule has 2 amide bonds. The van der Waals surface area contributed by atoms with Gasteiger partial charge in [0.1, 0.15) is 6.04 Å². The fraction of sp³-hybridized carbons (Fsp3) is 0.400. The van der Waals surface area contributed by atoms with E-state index in [2.05, 4.69) is 0 Å². The highest BCUT2D eigenvalue weighted by Gasteiger charge is 2.41. The molecule has 0 aromatic heterocycles. The predicted molar refractivity (Wildman–Crippen MR) is 84.9 cm³/mol. The van der Waals surface area contributed by atoms with Gasteiger partial charge in [0.2, 0.25) is 11.8 Å². The van der Waals surface area contributed by atoms with Crippen molar-refractivity contribution in [2.24, 2.45) is 5.73 Å². The third-order valence-electron chi connectivity index (χ3n) is 3.56. The number of thioether (sulfide) groups is 1. The molecule has 1 heterocycles. The first kappa shape index (κ1) is 16.5. The summed E-state index contributed by atoms with van der Waals surface area (Å²) in [5, 5.41) is 8.20. The van der Waals surface area contributed by atoms with Gasteiger partial charge in [-0.3, -0.25) is 14.4 Å². The molecule has 1 fully saturated rings. The summed E-state index contributed by atoms with van der Waals surface area (Å²) >= 11 is 1.12. The number of imide groups is 1. The normalized spacial score (nSPS) is 19.6. The van der Waals surface area contributed by atoms with Gasteiger partial charge in [-0.15, -0.1) is 11.8 Å². The van der Waals surface area contributed by atoms with Crippen molar-refractivity contribution in [3.8, 4) is 0 Å². The molecule has 0 aliphatic carbocycles. The van der Waals surface area contributed by atoms with Crippen molar-refractivity contribution in [2.45, 2.75) is 31.6 Å². The molecule has 118 valence electrons. The molecule has 1 saturated heterocycles. The molecule has 1 aliphatic heterocycles. The van der Waals surface area contributed by atoms with E-state index in [1.54, 1.807) is 0 Å². The Hall–Kier alpha value is -1.86. The number of benzene rings is 1. The topological polar surface area (TPSA) is 101 Å². The summed E-state index contributed by atoms with van der Waals surface area (Å²) in [6, 6.07) is 4.53. The fourth-order valence-corrected chi connectivity index (χ4v) is 3.51. The van der Waals surface area contributed by atoms with Crippen LogP contribution in [0.15, 0.2) is 18.2 Å². The third-order valence-corrected chi connectivity index (χ3v) is 4.88. The van der Waals surface area contributed by atoms with Crippen LogP contribution >= 0.6 is 11.8 Å². The third kappa shape index (κ3) is 3.15. The van der Waals surface area contributed by atoms with Crippen molar-refractivity contribution in [2.75, 3.05) is 10.7 Å². The van der Waals surface area contributed by atoms with Crippen LogP contribution in [-0.2, 0) is 14.4 Å². The van der Waals surface area contributed by atoms with Crippen LogP contribution in [0.5, 0.6) is 0 Å². The van der Waals surface area contributed by atoms with Gasteiger partial charge in [0.05, 0.1) is 10.9 Å². The van der Waals surface area contributed by atoms with Gasteiger partial charge in [0.25, 0.3) is 0 Å². The van der Waals surface area contributed by atoms with Gasteiger partial charge < -0.3 is 10.8 Å². The molecule has 22 heavy (non-hydrogen) atoms. The number of nitrogens with two attached hydrogens (primary N) is 1. The van der Waals surface area contributed by atoms with Crippen molar-refractivity contribution in [1.29, 1.82) is 0 Å². The van der Waals surface area contributed by atoms with Crippen LogP contribution in [-0.4, -0.2) is 39.9 Å². The van der Waals surface area contributed by atoms with E-state index in [1.165, 1.54) is 4.90 Å². The molecule has 0 unspecified atom stereocenters. The first-order valence-corrected chi connectivity index (χ1v) is 7.90. The monoisotopic (exact) mass is 322 g/mol. The zero-order valence-electron chi connectivity index (χ0n) is 12.4. The van der Waals surface area contributed by atoms with Crippen LogP contribution in [0.3, 0.4) is 0 Å². The molecule has 2 atom stereocenters. The smallest absolute Gasteiger partial charge is 0.321 e. The summed E-state index contributed by atoms with van der Waals surface area (Å²) in [4.78, 5) is 36.7. The van der Waals surface area contributed by atoms with Gasteiger partial charge in [0, 0.05) is 12.2 Å². The number of carbonyl (C=O) groups is 3.